The van der Waals surface area contributed by atoms with Gasteiger partial charge in [-0.05, 0) is 62.4 Å². The maximum atomic E-state index is 3.50. The summed E-state index contributed by atoms with van der Waals surface area (Å²) in [5, 5.41) is 3.24. The fraction of sp³-hybridized carbons (Fsp3) is 0.667. The summed E-state index contributed by atoms with van der Waals surface area (Å²) in [6.07, 6.45) is 1.12. The van der Waals surface area contributed by atoms with Crippen molar-refractivity contribution in [2.45, 2.75) is 25.8 Å². The van der Waals surface area contributed by atoms with Crippen LogP contribution in [0, 0.1) is 0 Å². The highest BCUT2D eigenvalue weighted by Crippen LogP contribution is 2.23. The SMILES string of the molecule is CNCC(C)(C)N(C)CCc1ccc(Br)s1. The molecule has 16 heavy (non-hydrogen) atoms. The lowest BCUT2D eigenvalue weighted by molar-refractivity contribution is 0.158. The van der Waals surface area contributed by atoms with Crippen LogP contribution in [0.5, 0.6) is 0 Å². The first-order chi connectivity index (χ1) is 7.45. The summed E-state index contributed by atoms with van der Waals surface area (Å²) in [6, 6.07) is 4.33. The molecule has 0 aliphatic carbocycles. The average Bonchev–Trinajstić information content (AvgIpc) is 2.60. The van der Waals surface area contributed by atoms with Gasteiger partial charge in [0.25, 0.3) is 0 Å². The van der Waals surface area contributed by atoms with Crippen LogP contribution in [0.4, 0.5) is 0 Å². The summed E-state index contributed by atoms with van der Waals surface area (Å²) >= 11 is 5.33. The van der Waals surface area contributed by atoms with Gasteiger partial charge in [-0.25, -0.2) is 0 Å². The predicted molar refractivity (Wildman–Crippen MR) is 76.4 cm³/mol. The van der Waals surface area contributed by atoms with Crippen LogP contribution >= 0.6 is 27.3 Å². The fourth-order valence-electron chi connectivity index (χ4n) is 1.63. The van der Waals surface area contributed by atoms with Gasteiger partial charge in [0.05, 0.1) is 3.79 Å². The third-order valence-electron chi connectivity index (χ3n) is 2.97. The molecule has 0 aliphatic heterocycles. The summed E-state index contributed by atoms with van der Waals surface area (Å²) in [7, 11) is 4.20. The molecule has 0 aromatic carbocycles. The minimum atomic E-state index is 0.212. The first kappa shape index (κ1) is 14.2. The molecule has 2 nitrogen and oxygen atoms in total. The average molecular weight is 305 g/mol. The van der Waals surface area contributed by atoms with Gasteiger partial charge in [-0.15, -0.1) is 11.3 Å². The van der Waals surface area contributed by atoms with Gasteiger partial charge in [0.15, 0.2) is 0 Å². The number of nitrogens with one attached hydrogen (secondary N) is 1. The molecule has 0 fully saturated rings. The Kier molecular flexibility index (Phi) is 5.44. The first-order valence-corrected chi connectivity index (χ1v) is 7.17. The molecule has 0 amide bonds. The van der Waals surface area contributed by atoms with E-state index < -0.39 is 0 Å². The van der Waals surface area contributed by atoms with Crippen molar-refractivity contribution in [2.75, 3.05) is 27.2 Å². The van der Waals surface area contributed by atoms with Crippen molar-refractivity contribution < 1.29 is 0 Å². The Morgan fingerprint density at radius 3 is 2.62 bits per heavy atom. The molecular formula is C12H21BrN2S. The Morgan fingerprint density at radius 2 is 2.12 bits per heavy atom. The molecule has 0 saturated heterocycles. The summed E-state index contributed by atoms with van der Waals surface area (Å²) in [5.41, 5.74) is 0.212. The number of thiophene rings is 1. The molecule has 0 saturated carbocycles. The second kappa shape index (κ2) is 6.15. The van der Waals surface area contributed by atoms with E-state index in [9.17, 15) is 0 Å². The largest absolute Gasteiger partial charge is 0.318 e. The maximum Gasteiger partial charge on any atom is 0.0701 e. The van der Waals surface area contributed by atoms with Crippen molar-refractivity contribution in [2.24, 2.45) is 0 Å². The zero-order valence-electron chi connectivity index (χ0n) is 10.5. The van der Waals surface area contributed by atoms with E-state index in [4.69, 9.17) is 0 Å². The number of hydrogen-bond acceptors (Lipinski definition) is 3. The topological polar surface area (TPSA) is 15.3 Å². The third-order valence-corrected chi connectivity index (χ3v) is 4.65. The van der Waals surface area contributed by atoms with Gasteiger partial charge >= 0.3 is 0 Å². The minimum absolute atomic E-state index is 0.212. The second-order valence-corrected chi connectivity index (χ2v) is 7.27. The molecule has 1 aromatic rings. The van der Waals surface area contributed by atoms with Gasteiger partial charge in [-0.2, -0.15) is 0 Å². The van der Waals surface area contributed by atoms with E-state index in [1.165, 1.54) is 8.66 Å². The van der Waals surface area contributed by atoms with Gasteiger partial charge in [0.1, 0.15) is 0 Å². The Morgan fingerprint density at radius 1 is 1.44 bits per heavy atom. The number of nitrogens with zero attached hydrogens (tertiary/aromatic N) is 1. The number of halogens is 1. The second-order valence-electron chi connectivity index (χ2n) is 4.72. The maximum absolute atomic E-state index is 3.50. The van der Waals surface area contributed by atoms with Gasteiger partial charge in [-0.3, -0.25) is 4.90 Å². The summed E-state index contributed by atoms with van der Waals surface area (Å²) in [5.74, 6) is 0. The Hall–Kier alpha value is 0.1000. The molecule has 92 valence electrons. The minimum Gasteiger partial charge on any atom is -0.318 e. The van der Waals surface area contributed by atoms with Gasteiger partial charge in [0.2, 0.25) is 0 Å². The van der Waals surface area contributed by atoms with Crippen LogP contribution in [0.25, 0.3) is 0 Å². The van der Waals surface area contributed by atoms with Gasteiger partial charge in [-0.1, -0.05) is 0 Å². The van der Waals surface area contributed by atoms with E-state index in [-0.39, 0.29) is 5.54 Å². The van der Waals surface area contributed by atoms with E-state index in [0.29, 0.717) is 0 Å². The highest BCUT2D eigenvalue weighted by Gasteiger charge is 2.21. The van der Waals surface area contributed by atoms with Crippen LogP contribution in [-0.2, 0) is 6.42 Å². The Bertz CT molecular complexity index is 323. The zero-order valence-corrected chi connectivity index (χ0v) is 12.9. The lowest BCUT2D eigenvalue weighted by atomic mass is 10.0. The molecule has 1 N–H and O–H groups in total. The van der Waals surface area contributed by atoms with E-state index in [0.717, 1.165) is 19.5 Å². The monoisotopic (exact) mass is 304 g/mol. The molecule has 0 spiro atoms. The highest BCUT2D eigenvalue weighted by molar-refractivity contribution is 9.11. The van der Waals surface area contributed by atoms with Gasteiger partial charge < -0.3 is 5.32 Å². The molecule has 0 unspecified atom stereocenters. The summed E-state index contributed by atoms with van der Waals surface area (Å²) < 4.78 is 1.22. The lowest BCUT2D eigenvalue weighted by Crippen LogP contribution is -2.48. The fourth-order valence-corrected chi connectivity index (χ4v) is 3.11. The van der Waals surface area contributed by atoms with Crippen LogP contribution in [0.3, 0.4) is 0 Å². The third kappa shape index (κ3) is 4.17. The normalized spacial score (nSPS) is 12.4. The predicted octanol–water partition coefficient (Wildman–Crippen LogP) is 2.98. The van der Waals surface area contributed by atoms with Crippen LogP contribution in [0.15, 0.2) is 15.9 Å². The molecule has 1 heterocycles. The Balaban J connectivity index is 2.43. The quantitative estimate of drug-likeness (QED) is 0.869. The smallest absolute Gasteiger partial charge is 0.0701 e. The molecule has 0 bridgehead atoms. The van der Waals surface area contributed by atoms with Crippen molar-refractivity contribution in [3.8, 4) is 0 Å². The molecule has 1 aromatic heterocycles. The number of rotatable bonds is 6. The Labute approximate surface area is 111 Å². The van der Waals surface area contributed by atoms with Crippen LogP contribution in [0.1, 0.15) is 18.7 Å². The van der Waals surface area contributed by atoms with Crippen molar-refractivity contribution in [1.82, 2.24) is 10.2 Å². The standard InChI is InChI=1S/C12H21BrN2S/c1-12(2,9-14-3)15(4)8-7-10-5-6-11(13)16-10/h5-6,14H,7-9H2,1-4H3. The van der Waals surface area contributed by atoms with Crippen LogP contribution in [0.2, 0.25) is 0 Å². The van der Waals surface area contributed by atoms with Crippen molar-refractivity contribution in [3.63, 3.8) is 0 Å². The molecule has 0 atom stereocenters. The molecular weight excluding hydrogens is 284 g/mol. The number of hydrogen-bond donors (Lipinski definition) is 1. The van der Waals surface area contributed by atoms with Gasteiger partial charge in [0, 0.05) is 23.5 Å². The molecule has 1 rings (SSSR count). The van der Waals surface area contributed by atoms with E-state index >= 15 is 0 Å². The summed E-state index contributed by atoms with van der Waals surface area (Å²) in [4.78, 5) is 3.86. The van der Waals surface area contributed by atoms with E-state index in [2.05, 4.69) is 59.2 Å². The lowest BCUT2D eigenvalue weighted by Gasteiger charge is -2.35. The zero-order chi connectivity index (χ0) is 12.2. The summed E-state index contributed by atoms with van der Waals surface area (Å²) in [6.45, 7) is 6.65. The number of likely N-dealkylation sites (N-methyl/N-ethyl adjacent to an activating group) is 2. The van der Waals surface area contributed by atoms with Crippen LogP contribution in [-0.4, -0.2) is 37.6 Å². The molecule has 4 heteroatoms. The van der Waals surface area contributed by atoms with Crippen molar-refractivity contribution in [1.29, 1.82) is 0 Å². The van der Waals surface area contributed by atoms with E-state index in [1.807, 2.05) is 18.4 Å². The molecule has 0 aliphatic rings. The van der Waals surface area contributed by atoms with Crippen LogP contribution < -0.4 is 5.32 Å². The highest BCUT2D eigenvalue weighted by atomic mass is 79.9. The van der Waals surface area contributed by atoms with Crippen molar-refractivity contribution in [3.05, 3.63) is 20.8 Å². The first-order valence-electron chi connectivity index (χ1n) is 5.56. The van der Waals surface area contributed by atoms with Crippen molar-refractivity contribution >= 4 is 27.3 Å². The van der Waals surface area contributed by atoms with E-state index in [1.54, 1.807) is 0 Å². The molecule has 0 radical (unpaired) electrons.